The largest absolute Gasteiger partial charge is 0.291 e. The lowest BCUT2D eigenvalue weighted by Crippen LogP contribution is -2.08. The Labute approximate surface area is 65.2 Å². The van der Waals surface area contributed by atoms with Crippen LogP contribution in [0.4, 0.5) is 0 Å². The minimum Gasteiger partial charge on any atom is -0.291 e. The van der Waals surface area contributed by atoms with Crippen molar-refractivity contribution in [3.8, 4) is 0 Å². The Bertz CT molecular complexity index is 207. The van der Waals surface area contributed by atoms with Crippen molar-refractivity contribution >= 4 is 6.29 Å². The summed E-state index contributed by atoms with van der Waals surface area (Å²) in [6.07, 6.45) is 5.45. The van der Waals surface area contributed by atoms with Gasteiger partial charge in [0.05, 0.1) is 0 Å². The number of hydrogen-bond acceptors (Lipinski definition) is 3. The summed E-state index contributed by atoms with van der Waals surface area (Å²) in [4.78, 5) is 13.8. The van der Waals surface area contributed by atoms with Gasteiger partial charge in [-0.1, -0.05) is 6.92 Å². The fourth-order valence-corrected chi connectivity index (χ4v) is 0.853. The number of carbonyl (C=O) groups excluding carboxylic acids is 1. The molecule has 0 bridgehead atoms. The molecule has 1 atom stereocenters. The van der Waals surface area contributed by atoms with E-state index in [4.69, 9.17) is 0 Å². The van der Waals surface area contributed by atoms with Crippen LogP contribution in [0.3, 0.4) is 0 Å². The van der Waals surface area contributed by atoms with Crippen molar-refractivity contribution in [3.05, 3.63) is 12.7 Å². The van der Waals surface area contributed by atoms with Gasteiger partial charge in [0.15, 0.2) is 6.29 Å². The van der Waals surface area contributed by atoms with Crippen LogP contribution in [0.15, 0.2) is 12.7 Å². The van der Waals surface area contributed by atoms with E-state index in [0.717, 1.165) is 6.54 Å². The van der Waals surface area contributed by atoms with Crippen molar-refractivity contribution in [2.24, 2.45) is 5.92 Å². The van der Waals surface area contributed by atoms with E-state index in [1.54, 1.807) is 11.0 Å². The topological polar surface area (TPSA) is 47.8 Å². The SMILES string of the molecule is CC(C[C]=O)Cn1cncn1. The molecule has 0 aliphatic heterocycles. The van der Waals surface area contributed by atoms with Gasteiger partial charge in [-0.15, -0.1) is 0 Å². The van der Waals surface area contributed by atoms with Crippen LogP contribution in [0, 0.1) is 5.92 Å². The van der Waals surface area contributed by atoms with Crippen LogP contribution in [-0.2, 0) is 11.3 Å². The minimum atomic E-state index is 0.286. The van der Waals surface area contributed by atoms with Gasteiger partial charge in [0.25, 0.3) is 0 Å². The molecule has 1 aromatic heterocycles. The van der Waals surface area contributed by atoms with E-state index in [-0.39, 0.29) is 5.92 Å². The van der Waals surface area contributed by atoms with E-state index in [1.165, 1.54) is 6.33 Å². The van der Waals surface area contributed by atoms with Gasteiger partial charge >= 0.3 is 0 Å². The summed E-state index contributed by atoms with van der Waals surface area (Å²) in [5.74, 6) is 0.286. The van der Waals surface area contributed by atoms with Gasteiger partial charge in [0.2, 0.25) is 0 Å². The number of nitrogens with zero attached hydrogens (tertiary/aromatic N) is 3. The predicted molar refractivity (Wildman–Crippen MR) is 39.5 cm³/mol. The first-order valence-corrected chi connectivity index (χ1v) is 3.50. The maximum absolute atomic E-state index is 9.97. The maximum Gasteiger partial charge on any atom is 0.198 e. The van der Waals surface area contributed by atoms with Crippen LogP contribution in [-0.4, -0.2) is 21.1 Å². The molecule has 0 saturated heterocycles. The molecule has 11 heavy (non-hydrogen) atoms. The Hall–Kier alpha value is -1.19. The van der Waals surface area contributed by atoms with Crippen LogP contribution in [0.1, 0.15) is 13.3 Å². The normalized spacial score (nSPS) is 12.8. The van der Waals surface area contributed by atoms with Crippen molar-refractivity contribution in [2.45, 2.75) is 19.9 Å². The second-order valence-electron chi connectivity index (χ2n) is 2.57. The quantitative estimate of drug-likeness (QED) is 0.628. The van der Waals surface area contributed by atoms with Crippen molar-refractivity contribution in [3.63, 3.8) is 0 Å². The molecule has 1 radical (unpaired) electrons. The number of hydrogen-bond donors (Lipinski definition) is 0. The smallest absolute Gasteiger partial charge is 0.198 e. The van der Waals surface area contributed by atoms with E-state index in [1.807, 2.05) is 13.2 Å². The molecular formula is C7H10N3O. The molecule has 0 saturated carbocycles. The first-order chi connectivity index (χ1) is 5.33. The zero-order valence-corrected chi connectivity index (χ0v) is 6.40. The summed E-state index contributed by atoms with van der Waals surface area (Å²) >= 11 is 0. The van der Waals surface area contributed by atoms with Crippen molar-refractivity contribution in [1.29, 1.82) is 0 Å². The summed E-state index contributed by atoms with van der Waals surface area (Å²) in [5.41, 5.74) is 0. The average Bonchev–Trinajstić information content (AvgIpc) is 2.40. The Balaban J connectivity index is 2.37. The monoisotopic (exact) mass is 152 g/mol. The molecule has 0 N–H and O–H groups in total. The Morgan fingerprint density at radius 3 is 3.09 bits per heavy atom. The summed E-state index contributed by atoms with van der Waals surface area (Å²) in [6, 6.07) is 0. The van der Waals surface area contributed by atoms with E-state index in [2.05, 4.69) is 10.1 Å². The number of rotatable bonds is 4. The molecule has 1 unspecified atom stereocenters. The molecule has 0 spiro atoms. The van der Waals surface area contributed by atoms with Crippen LogP contribution in [0.2, 0.25) is 0 Å². The lowest BCUT2D eigenvalue weighted by atomic mass is 10.1. The molecule has 1 aromatic rings. The fraction of sp³-hybridized carbons (Fsp3) is 0.571. The predicted octanol–water partition coefficient (Wildman–Crippen LogP) is 0.414. The third-order valence-electron chi connectivity index (χ3n) is 1.40. The zero-order valence-electron chi connectivity index (χ0n) is 6.40. The average molecular weight is 152 g/mol. The third kappa shape index (κ3) is 2.49. The first kappa shape index (κ1) is 7.91. The summed E-state index contributed by atoms with van der Waals surface area (Å²) in [5, 5.41) is 3.91. The highest BCUT2D eigenvalue weighted by atomic mass is 16.1. The van der Waals surface area contributed by atoms with Gasteiger partial charge < -0.3 is 0 Å². The molecule has 4 heteroatoms. The van der Waals surface area contributed by atoms with E-state index in [0.29, 0.717) is 6.42 Å². The van der Waals surface area contributed by atoms with Crippen molar-refractivity contribution in [2.75, 3.05) is 0 Å². The van der Waals surface area contributed by atoms with Gasteiger partial charge in [-0.25, -0.2) is 4.98 Å². The third-order valence-corrected chi connectivity index (χ3v) is 1.40. The fourth-order valence-electron chi connectivity index (χ4n) is 0.853. The van der Waals surface area contributed by atoms with Gasteiger partial charge in [-0.05, 0) is 5.92 Å². The summed E-state index contributed by atoms with van der Waals surface area (Å²) in [7, 11) is 0. The molecule has 1 rings (SSSR count). The summed E-state index contributed by atoms with van der Waals surface area (Å²) < 4.78 is 1.71. The van der Waals surface area contributed by atoms with Crippen molar-refractivity contribution < 1.29 is 4.79 Å². The molecule has 4 nitrogen and oxygen atoms in total. The second-order valence-corrected chi connectivity index (χ2v) is 2.57. The second kappa shape index (κ2) is 3.85. The van der Waals surface area contributed by atoms with Crippen LogP contribution >= 0.6 is 0 Å². The Morgan fingerprint density at radius 2 is 2.55 bits per heavy atom. The Morgan fingerprint density at radius 1 is 1.73 bits per heavy atom. The lowest BCUT2D eigenvalue weighted by molar-refractivity contribution is 0.447. The maximum atomic E-state index is 9.97. The highest BCUT2D eigenvalue weighted by Crippen LogP contribution is 2.01. The standard InChI is InChI=1S/C7H10N3O/c1-7(2-3-11)4-10-6-8-5-9-10/h5-7H,2,4H2,1H3. The van der Waals surface area contributed by atoms with Crippen LogP contribution in [0.25, 0.3) is 0 Å². The molecule has 0 fully saturated rings. The zero-order chi connectivity index (χ0) is 8.10. The van der Waals surface area contributed by atoms with Crippen molar-refractivity contribution in [1.82, 2.24) is 14.8 Å². The minimum absolute atomic E-state index is 0.286. The molecule has 0 aromatic carbocycles. The Kier molecular flexibility index (Phi) is 2.77. The van der Waals surface area contributed by atoms with E-state index >= 15 is 0 Å². The van der Waals surface area contributed by atoms with Crippen LogP contribution < -0.4 is 0 Å². The highest BCUT2D eigenvalue weighted by Gasteiger charge is 2.02. The summed E-state index contributed by atoms with van der Waals surface area (Å²) in [6.45, 7) is 2.71. The van der Waals surface area contributed by atoms with Crippen LogP contribution in [0.5, 0.6) is 0 Å². The molecule has 59 valence electrons. The van der Waals surface area contributed by atoms with Gasteiger partial charge in [-0.3, -0.25) is 9.48 Å². The lowest BCUT2D eigenvalue weighted by Gasteiger charge is -2.05. The molecular weight excluding hydrogens is 142 g/mol. The number of aromatic nitrogens is 3. The van der Waals surface area contributed by atoms with Gasteiger partial charge in [-0.2, -0.15) is 5.10 Å². The highest BCUT2D eigenvalue weighted by molar-refractivity contribution is 5.50. The van der Waals surface area contributed by atoms with E-state index in [9.17, 15) is 4.79 Å². The van der Waals surface area contributed by atoms with Gasteiger partial charge in [0.1, 0.15) is 12.7 Å². The molecule has 1 heterocycles. The van der Waals surface area contributed by atoms with E-state index < -0.39 is 0 Å². The van der Waals surface area contributed by atoms with Gasteiger partial charge in [0, 0.05) is 13.0 Å². The molecule has 0 aliphatic rings. The molecule has 0 aliphatic carbocycles. The molecule has 0 amide bonds. The first-order valence-electron chi connectivity index (χ1n) is 3.50.